The van der Waals surface area contributed by atoms with E-state index in [2.05, 4.69) is 9.97 Å². The van der Waals surface area contributed by atoms with Crippen molar-refractivity contribution in [3.05, 3.63) is 75.5 Å². The van der Waals surface area contributed by atoms with E-state index < -0.39 is 52.9 Å². The smallest absolute Gasteiger partial charge is 0.416 e. The molecule has 1 aromatic heterocycles. The molecular weight excluding hydrogens is 442 g/mol. The monoisotopic (exact) mass is 454 g/mol. The van der Waals surface area contributed by atoms with Crippen LogP contribution in [0.2, 0.25) is 0 Å². The van der Waals surface area contributed by atoms with E-state index >= 15 is 0 Å². The number of para-hydroxylation sites is 1. The molecule has 0 amide bonds. The molecule has 2 aromatic carbocycles. The summed E-state index contributed by atoms with van der Waals surface area (Å²) in [6, 6.07) is 7.07. The molecule has 1 aliphatic rings. The van der Waals surface area contributed by atoms with Crippen molar-refractivity contribution >= 4 is 28.0 Å². The van der Waals surface area contributed by atoms with Gasteiger partial charge in [0.15, 0.2) is 0 Å². The summed E-state index contributed by atoms with van der Waals surface area (Å²) in [4.78, 5) is 19.6. The Morgan fingerprint density at radius 1 is 1.00 bits per heavy atom. The van der Waals surface area contributed by atoms with Gasteiger partial charge in [0.05, 0.1) is 34.1 Å². The van der Waals surface area contributed by atoms with Gasteiger partial charge in [-0.05, 0) is 30.3 Å². The number of aliphatic hydroxyl groups excluding tert-OH is 1. The molecule has 3 N–H and O–H groups in total. The first-order valence-electron chi connectivity index (χ1n) is 8.94. The van der Waals surface area contributed by atoms with Gasteiger partial charge < -0.3 is 15.0 Å². The van der Waals surface area contributed by atoms with Gasteiger partial charge in [-0.2, -0.15) is 26.3 Å². The van der Waals surface area contributed by atoms with Gasteiger partial charge in [-0.15, -0.1) is 0 Å². The van der Waals surface area contributed by atoms with Gasteiger partial charge in [0.2, 0.25) is 0 Å². The molecule has 0 bridgehead atoms. The molecule has 0 saturated carbocycles. The number of aliphatic hydroxyl groups is 1. The molecule has 12 heteroatoms. The zero-order chi connectivity index (χ0) is 23.4. The predicted octanol–water partition coefficient (Wildman–Crippen LogP) is 4.73. The van der Waals surface area contributed by atoms with Crippen LogP contribution in [0.3, 0.4) is 0 Å². The van der Waals surface area contributed by atoms with Crippen molar-refractivity contribution in [3.8, 4) is 0 Å². The van der Waals surface area contributed by atoms with Crippen molar-refractivity contribution in [3.63, 3.8) is 0 Å². The molecule has 166 valence electrons. The second kappa shape index (κ2) is 7.11. The summed E-state index contributed by atoms with van der Waals surface area (Å²) >= 11 is 0. The molecule has 0 saturated heterocycles. The van der Waals surface area contributed by atoms with Crippen LogP contribution in [0.25, 0.3) is 16.5 Å². The van der Waals surface area contributed by atoms with Crippen LogP contribution in [0.5, 0.6) is 0 Å². The Kier molecular flexibility index (Phi) is 4.75. The number of anilines is 1. The lowest BCUT2D eigenvalue weighted by atomic mass is 10.1. The molecule has 3 aromatic rings. The normalized spacial score (nSPS) is 15.2. The Morgan fingerprint density at radius 2 is 1.59 bits per heavy atom. The highest BCUT2D eigenvalue weighted by molar-refractivity contribution is 6.30. The number of hydrogen-bond acceptors (Lipinski definition) is 4. The average Bonchev–Trinajstić information content (AvgIpc) is 3.00. The molecule has 32 heavy (non-hydrogen) atoms. The SMILES string of the molecule is N=C1C(c2nc3ccccc3c(=O)[nH]2)=C(O)CN1c1cc(C(F)(F)F)cc(C(F)(F)F)c1. The second-order valence-corrected chi connectivity index (χ2v) is 6.95. The summed E-state index contributed by atoms with van der Waals surface area (Å²) in [7, 11) is 0. The molecule has 0 fully saturated rings. The highest BCUT2D eigenvalue weighted by Gasteiger charge is 2.39. The third-order valence-electron chi connectivity index (χ3n) is 4.84. The lowest BCUT2D eigenvalue weighted by Gasteiger charge is -2.22. The molecule has 0 unspecified atom stereocenters. The first-order chi connectivity index (χ1) is 14.9. The molecule has 0 radical (unpaired) electrons. The van der Waals surface area contributed by atoms with E-state index in [4.69, 9.17) is 5.41 Å². The standard InChI is InChI=1S/C20H12F6N4O2/c21-19(22,23)9-5-10(20(24,25)26)7-11(6-9)30-8-14(31)15(16(30)27)17-28-13-4-2-1-3-12(13)18(32)29-17/h1-7,27,31H,8H2,(H,28,29,32). The highest BCUT2D eigenvalue weighted by atomic mass is 19.4. The third kappa shape index (κ3) is 3.67. The Balaban J connectivity index is 1.80. The number of hydrogen-bond donors (Lipinski definition) is 3. The maximum Gasteiger partial charge on any atom is 0.416 e. The fourth-order valence-corrected chi connectivity index (χ4v) is 3.35. The summed E-state index contributed by atoms with van der Waals surface area (Å²) in [5, 5.41) is 18.9. The quantitative estimate of drug-likeness (QED) is 0.489. The topological polar surface area (TPSA) is 93.1 Å². The molecule has 0 spiro atoms. The molecule has 0 aliphatic carbocycles. The number of nitrogens with zero attached hydrogens (tertiary/aromatic N) is 2. The van der Waals surface area contributed by atoms with E-state index in [0.717, 1.165) is 4.90 Å². The van der Waals surface area contributed by atoms with Crippen molar-refractivity contribution in [1.82, 2.24) is 9.97 Å². The van der Waals surface area contributed by atoms with Gasteiger partial charge >= 0.3 is 12.4 Å². The molecular formula is C20H12F6N4O2. The van der Waals surface area contributed by atoms with E-state index in [0.29, 0.717) is 12.1 Å². The van der Waals surface area contributed by atoms with Crippen LogP contribution in [0, 0.1) is 5.41 Å². The Morgan fingerprint density at radius 3 is 2.19 bits per heavy atom. The lowest BCUT2D eigenvalue weighted by molar-refractivity contribution is -0.143. The van der Waals surface area contributed by atoms with Crippen LogP contribution in [0.15, 0.2) is 53.0 Å². The van der Waals surface area contributed by atoms with E-state index in [1.165, 1.54) is 12.1 Å². The number of halogens is 6. The molecule has 2 heterocycles. The third-order valence-corrected chi connectivity index (χ3v) is 4.84. The summed E-state index contributed by atoms with van der Waals surface area (Å²) < 4.78 is 79.1. The highest BCUT2D eigenvalue weighted by Crippen LogP contribution is 2.40. The summed E-state index contributed by atoms with van der Waals surface area (Å²) in [6.45, 7) is -0.580. The summed E-state index contributed by atoms with van der Waals surface area (Å²) in [5.74, 6) is -1.39. The van der Waals surface area contributed by atoms with Gasteiger partial charge in [0, 0.05) is 5.69 Å². The maximum absolute atomic E-state index is 13.2. The van der Waals surface area contributed by atoms with Crippen LogP contribution in [-0.2, 0) is 12.4 Å². The number of aromatic amines is 1. The van der Waals surface area contributed by atoms with E-state index in [1.807, 2.05) is 0 Å². The zero-order valence-corrected chi connectivity index (χ0v) is 15.8. The molecule has 4 rings (SSSR count). The number of fused-ring (bicyclic) bond motifs is 1. The largest absolute Gasteiger partial charge is 0.509 e. The average molecular weight is 454 g/mol. The predicted molar refractivity (Wildman–Crippen MR) is 103 cm³/mol. The molecule has 1 aliphatic heterocycles. The van der Waals surface area contributed by atoms with Crippen LogP contribution in [0.1, 0.15) is 17.0 Å². The van der Waals surface area contributed by atoms with E-state index in [-0.39, 0.29) is 28.4 Å². The van der Waals surface area contributed by atoms with Crippen LogP contribution in [-0.4, -0.2) is 27.5 Å². The summed E-state index contributed by atoms with van der Waals surface area (Å²) in [6.07, 6.45) is -10.1. The fraction of sp³-hybridized carbons (Fsp3) is 0.150. The Labute approximate surface area is 174 Å². The molecule has 0 atom stereocenters. The van der Waals surface area contributed by atoms with Crippen molar-refractivity contribution < 1.29 is 31.4 Å². The van der Waals surface area contributed by atoms with Crippen molar-refractivity contribution in [1.29, 1.82) is 5.41 Å². The van der Waals surface area contributed by atoms with Gasteiger partial charge in [0.25, 0.3) is 5.56 Å². The van der Waals surface area contributed by atoms with E-state index in [9.17, 15) is 36.2 Å². The number of rotatable bonds is 2. The minimum absolute atomic E-state index is 0.0280. The Bertz CT molecular complexity index is 1310. The van der Waals surface area contributed by atoms with Crippen molar-refractivity contribution in [2.24, 2.45) is 0 Å². The van der Waals surface area contributed by atoms with Crippen LogP contribution < -0.4 is 10.5 Å². The van der Waals surface area contributed by atoms with Gasteiger partial charge in [-0.3, -0.25) is 10.2 Å². The second-order valence-electron chi connectivity index (χ2n) is 6.95. The first kappa shape index (κ1) is 21.4. The minimum Gasteiger partial charge on any atom is -0.509 e. The maximum atomic E-state index is 13.2. The number of benzene rings is 2. The van der Waals surface area contributed by atoms with Crippen molar-refractivity contribution in [2.45, 2.75) is 12.4 Å². The van der Waals surface area contributed by atoms with Crippen LogP contribution >= 0.6 is 0 Å². The summed E-state index contributed by atoms with van der Waals surface area (Å²) in [5.41, 5.74) is -4.37. The van der Waals surface area contributed by atoms with Gasteiger partial charge in [-0.25, -0.2) is 4.98 Å². The van der Waals surface area contributed by atoms with E-state index in [1.54, 1.807) is 12.1 Å². The minimum atomic E-state index is -5.07. The van der Waals surface area contributed by atoms with Gasteiger partial charge in [-0.1, -0.05) is 12.1 Å². The number of H-pyrrole nitrogens is 1. The van der Waals surface area contributed by atoms with Gasteiger partial charge in [0.1, 0.15) is 17.4 Å². The zero-order valence-electron chi connectivity index (χ0n) is 15.8. The number of aromatic nitrogens is 2. The first-order valence-corrected chi connectivity index (χ1v) is 8.94. The molecule has 6 nitrogen and oxygen atoms in total. The number of amidine groups is 1. The fourth-order valence-electron chi connectivity index (χ4n) is 3.35. The Hall–Kier alpha value is -3.83. The van der Waals surface area contributed by atoms with Crippen molar-refractivity contribution in [2.75, 3.05) is 11.4 Å². The van der Waals surface area contributed by atoms with Crippen LogP contribution in [0.4, 0.5) is 32.0 Å². The number of alkyl halides is 6. The lowest BCUT2D eigenvalue weighted by Crippen LogP contribution is -2.27. The number of nitrogens with one attached hydrogen (secondary N) is 2.